The van der Waals surface area contributed by atoms with Gasteiger partial charge in [0.05, 0.1) is 12.4 Å². The fourth-order valence-electron chi connectivity index (χ4n) is 3.11. The van der Waals surface area contributed by atoms with Gasteiger partial charge in [0.2, 0.25) is 5.88 Å². The van der Waals surface area contributed by atoms with Gasteiger partial charge in [-0.05, 0) is 24.3 Å². The van der Waals surface area contributed by atoms with Gasteiger partial charge >= 0.3 is 6.61 Å². The van der Waals surface area contributed by atoms with Crippen LogP contribution < -0.4 is 14.8 Å². The van der Waals surface area contributed by atoms with Gasteiger partial charge in [-0.15, -0.1) is 10.2 Å². The molecule has 1 N–H and O–H groups in total. The zero-order valence-corrected chi connectivity index (χ0v) is 15.1. The second-order valence-electron chi connectivity index (χ2n) is 6.31. The zero-order valence-electron chi connectivity index (χ0n) is 15.1. The normalized spacial score (nSPS) is 15.2. The first-order valence-electron chi connectivity index (χ1n) is 9.01. The molecule has 0 atom stereocenters. The first-order chi connectivity index (χ1) is 13.7. The topological polar surface area (TPSA) is 76.8 Å². The van der Waals surface area contributed by atoms with Crippen molar-refractivity contribution in [3.05, 3.63) is 36.7 Å². The van der Waals surface area contributed by atoms with Gasteiger partial charge in [-0.1, -0.05) is 0 Å². The van der Waals surface area contributed by atoms with E-state index in [1.54, 1.807) is 28.9 Å². The van der Waals surface area contributed by atoms with E-state index in [4.69, 9.17) is 4.74 Å². The van der Waals surface area contributed by atoms with E-state index in [0.29, 0.717) is 29.5 Å². The Hall–Kier alpha value is -2.85. The molecule has 0 spiro atoms. The van der Waals surface area contributed by atoms with E-state index in [1.807, 2.05) is 0 Å². The van der Waals surface area contributed by atoms with E-state index in [1.165, 1.54) is 12.1 Å². The lowest BCUT2D eigenvalue weighted by Crippen LogP contribution is -2.44. The zero-order chi connectivity index (χ0) is 19.3. The molecule has 8 nitrogen and oxygen atoms in total. The van der Waals surface area contributed by atoms with E-state index in [-0.39, 0.29) is 5.75 Å². The summed E-state index contributed by atoms with van der Waals surface area (Å²) in [6.07, 6.45) is 3.21. The second kappa shape index (κ2) is 8.44. The van der Waals surface area contributed by atoms with Crippen LogP contribution in [-0.4, -0.2) is 70.4 Å². The van der Waals surface area contributed by atoms with Crippen LogP contribution in [0, 0.1) is 0 Å². The molecule has 1 aromatic carbocycles. The Balaban J connectivity index is 1.53. The number of hydrogen-bond acceptors (Lipinski definition) is 7. The minimum absolute atomic E-state index is 0.0849. The van der Waals surface area contributed by atoms with Crippen molar-refractivity contribution < 1.29 is 18.3 Å². The number of fused-ring (bicyclic) bond motifs is 1. The molecule has 0 radical (unpaired) electrons. The highest BCUT2D eigenvalue weighted by atomic mass is 19.3. The molecule has 1 saturated heterocycles. The van der Waals surface area contributed by atoms with E-state index < -0.39 is 6.61 Å². The maximum atomic E-state index is 12.3. The predicted molar refractivity (Wildman–Crippen MR) is 97.7 cm³/mol. The van der Waals surface area contributed by atoms with Crippen LogP contribution in [-0.2, 0) is 0 Å². The molecule has 1 aliphatic heterocycles. The molecule has 0 bridgehead atoms. The van der Waals surface area contributed by atoms with Crippen LogP contribution in [0.5, 0.6) is 11.6 Å². The van der Waals surface area contributed by atoms with Gasteiger partial charge in [-0.2, -0.15) is 8.78 Å². The maximum absolute atomic E-state index is 12.3. The van der Waals surface area contributed by atoms with Gasteiger partial charge in [0, 0.05) is 38.3 Å². The van der Waals surface area contributed by atoms with E-state index in [0.717, 1.165) is 32.7 Å². The summed E-state index contributed by atoms with van der Waals surface area (Å²) in [7, 11) is 0. The number of halogens is 2. The molecule has 1 aliphatic rings. The van der Waals surface area contributed by atoms with E-state index >= 15 is 0 Å². The number of nitrogens with zero attached hydrogens (tertiary/aromatic N) is 5. The third-order valence-electron chi connectivity index (χ3n) is 4.49. The highest BCUT2D eigenvalue weighted by molar-refractivity contribution is 5.61. The lowest BCUT2D eigenvalue weighted by molar-refractivity contribution is -0.0498. The van der Waals surface area contributed by atoms with Crippen molar-refractivity contribution in [3.63, 3.8) is 0 Å². The molecule has 3 heterocycles. The lowest BCUT2D eigenvalue weighted by Gasteiger charge is -2.26. The fourth-order valence-corrected chi connectivity index (χ4v) is 3.11. The SMILES string of the molecule is FC(F)Oc1ccc(-c2nnc3cncc(OCCN4CCNCC4)n23)cc1. The molecular formula is C18H20F2N6O2. The Morgan fingerprint density at radius 2 is 1.86 bits per heavy atom. The minimum Gasteiger partial charge on any atom is -0.476 e. The Bertz CT molecular complexity index is 912. The monoisotopic (exact) mass is 390 g/mol. The van der Waals surface area contributed by atoms with Crippen LogP contribution in [0.1, 0.15) is 0 Å². The Morgan fingerprint density at radius 3 is 2.61 bits per heavy atom. The summed E-state index contributed by atoms with van der Waals surface area (Å²) in [5, 5.41) is 11.6. The summed E-state index contributed by atoms with van der Waals surface area (Å²) >= 11 is 0. The largest absolute Gasteiger partial charge is 0.476 e. The highest BCUT2D eigenvalue weighted by Crippen LogP contribution is 2.25. The van der Waals surface area contributed by atoms with E-state index in [2.05, 4.69) is 30.1 Å². The number of alkyl halides is 2. The van der Waals surface area contributed by atoms with Gasteiger partial charge < -0.3 is 14.8 Å². The first kappa shape index (κ1) is 18.5. The molecule has 0 aliphatic carbocycles. The summed E-state index contributed by atoms with van der Waals surface area (Å²) in [5.41, 5.74) is 1.25. The second-order valence-corrected chi connectivity index (χ2v) is 6.31. The third-order valence-corrected chi connectivity index (χ3v) is 4.49. The summed E-state index contributed by atoms with van der Waals surface area (Å²) in [5.74, 6) is 1.15. The number of ether oxygens (including phenoxy) is 2. The van der Waals surface area contributed by atoms with Crippen LogP contribution in [0.3, 0.4) is 0 Å². The average molecular weight is 390 g/mol. The summed E-state index contributed by atoms with van der Waals surface area (Å²) in [6, 6.07) is 6.24. The highest BCUT2D eigenvalue weighted by Gasteiger charge is 2.15. The van der Waals surface area contributed by atoms with Gasteiger partial charge in [0.1, 0.15) is 12.4 Å². The van der Waals surface area contributed by atoms with Gasteiger partial charge in [-0.25, -0.2) is 4.40 Å². The van der Waals surface area contributed by atoms with Crippen molar-refractivity contribution in [3.8, 4) is 23.0 Å². The van der Waals surface area contributed by atoms with Crippen molar-refractivity contribution >= 4 is 5.65 Å². The van der Waals surface area contributed by atoms with Crippen LogP contribution >= 0.6 is 0 Å². The van der Waals surface area contributed by atoms with Crippen molar-refractivity contribution in [2.75, 3.05) is 39.3 Å². The van der Waals surface area contributed by atoms with Crippen molar-refractivity contribution in [1.82, 2.24) is 29.8 Å². The van der Waals surface area contributed by atoms with Crippen LogP contribution in [0.25, 0.3) is 17.0 Å². The van der Waals surface area contributed by atoms with Crippen molar-refractivity contribution in [2.45, 2.75) is 6.61 Å². The molecule has 0 amide bonds. The first-order valence-corrected chi connectivity index (χ1v) is 9.01. The predicted octanol–water partition coefficient (Wildman–Crippen LogP) is 1.68. The Morgan fingerprint density at radius 1 is 1.07 bits per heavy atom. The Labute approximate surface area is 160 Å². The number of aromatic nitrogens is 4. The number of benzene rings is 1. The third kappa shape index (κ3) is 4.18. The summed E-state index contributed by atoms with van der Waals surface area (Å²) in [6.45, 7) is 2.43. The molecule has 4 rings (SSSR count). The number of piperazine rings is 1. The van der Waals surface area contributed by atoms with Gasteiger partial charge in [-0.3, -0.25) is 9.88 Å². The van der Waals surface area contributed by atoms with Crippen LogP contribution in [0.4, 0.5) is 8.78 Å². The molecule has 2 aromatic heterocycles. The number of hydrogen-bond donors (Lipinski definition) is 1. The van der Waals surface area contributed by atoms with Crippen molar-refractivity contribution in [2.24, 2.45) is 0 Å². The molecule has 3 aromatic rings. The standard InChI is InChI=1S/C18H20F2N6O2/c19-18(20)28-14-3-1-13(2-4-14)17-24-23-15-11-22-12-16(26(15)17)27-10-9-25-7-5-21-6-8-25/h1-4,11-12,18,21H,5-10H2. The van der Waals surface area contributed by atoms with Gasteiger partial charge in [0.25, 0.3) is 0 Å². The van der Waals surface area contributed by atoms with Crippen molar-refractivity contribution in [1.29, 1.82) is 0 Å². The van der Waals surface area contributed by atoms with Gasteiger partial charge in [0.15, 0.2) is 11.5 Å². The molecule has 0 unspecified atom stereocenters. The Kier molecular flexibility index (Phi) is 5.58. The quantitative estimate of drug-likeness (QED) is 0.658. The maximum Gasteiger partial charge on any atom is 0.387 e. The average Bonchev–Trinajstić information content (AvgIpc) is 3.14. The fraction of sp³-hybridized carbons (Fsp3) is 0.389. The van der Waals surface area contributed by atoms with Crippen LogP contribution in [0.2, 0.25) is 0 Å². The number of rotatable bonds is 7. The minimum atomic E-state index is -2.86. The molecule has 0 saturated carbocycles. The smallest absolute Gasteiger partial charge is 0.387 e. The number of nitrogens with one attached hydrogen (secondary N) is 1. The summed E-state index contributed by atoms with van der Waals surface area (Å²) in [4.78, 5) is 6.49. The van der Waals surface area contributed by atoms with Crippen LogP contribution in [0.15, 0.2) is 36.7 Å². The molecule has 148 valence electrons. The lowest BCUT2D eigenvalue weighted by atomic mass is 10.2. The molecule has 1 fully saturated rings. The molecule has 28 heavy (non-hydrogen) atoms. The van der Waals surface area contributed by atoms with E-state index in [9.17, 15) is 8.78 Å². The molecule has 10 heteroatoms. The summed E-state index contributed by atoms with van der Waals surface area (Å²) < 4.78 is 36.8. The molecular weight excluding hydrogens is 370 g/mol.